The van der Waals surface area contributed by atoms with Crippen LogP contribution < -0.4 is 4.74 Å². The zero-order chi connectivity index (χ0) is 17.1. The molecule has 1 aliphatic carbocycles. The quantitative estimate of drug-likeness (QED) is 0.837. The van der Waals surface area contributed by atoms with Crippen molar-refractivity contribution in [1.29, 1.82) is 0 Å². The van der Waals surface area contributed by atoms with Crippen LogP contribution >= 0.6 is 0 Å². The number of aryl methyl sites for hydroxylation is 1. The molecule has 1 aromatic rings. The standard InChI is InChI=1S/C18H22N2O4/c1-13(21)19-7-9-20(10-8-19)18(23)12-24-15-5-6-16-14(11-15)3-2-4-17(16)22/h5-6,11H,2-4,7-10,12H2,1H3. The molecule has 6 nitrogen and oxygen atoms in total. The maximum atomic E-state index is 12.2. The van der Waals surface area contributed by atoms with Crippen LogP contribution in [-0.2, 0) is 16.0 Å². The molecule has 6 heteroatoms. The highest BCUT2D eigenvalue weighted by molar-refractivity contribution is 5.98. The summed E-state index contributed by atoms with van der Waals surface area (Å²) in [5.74, 6) is 0.773. The molecule has 128 valence electrons. The van der Waals surface area contributed by atoms with Gasteiger partial charge < -0.3 is 14.5 Å². The number of carbonyl (C=O) groups excluding carboxylic acids is 3. The fourth-order valence-corrected chi connectivity index (χ4v) is 3.22. The number of rotatable bonds is 3. The Labute approximate surface area is 141 Å². The second-order valence-electron chi connectivity index (χ2n) is 6.27. The Morgan fingerprint density at radius 3 is 2.50 bits per heavy atom. The van der Waals surface area contributed by atoms with Crippen LogP contribution in [0.5, 0.6) is 5.75 Å². The van der Waals surface area contributed by atoms with Gasteiger partial charge in [-0.1, -0.05) is 0 Å². The molecule has 2 amide bonds. The summed E-state index contributed by atoms with van der Waals surface area (Å²) in [7, 11) is 0. The molecular weight excluding hydrogens is 308 g/mol. The Morgan fingerprint density at radius 2 is 1.79 bits per heavy atom. The van der Waals surface area contributed by atoms with Crippen LogP contribution in [0.3, 0.4) is 0 Å². The number of amides is 2. The molecule has 0 aromatic heterocycles. The van der Waals surface area contributed by atoms with E-state index in [1.54, 1.807) is 28.9 Å². The van der Waals surface area contributed by atoms with Crippen molar-refractivity contribution in [2.75, 3.05) is 32.8 Å². The van der Waals surface area contributed by atoms with Gasteiger partial charge in [-0.05, 0) is 36.6 Å². The number of carbonyl (C=O) groups is 3. The van der Waals surface area contributed by atoms with E-state index in [1.807, 2.05) is 6.07 Å². The lowest BCUT2D eigenvalue weighted by atomic mass is 9.91. The third-order valence-electron chi connectivity index (χ3n) is 4.67. The van der Waals surface area contributed by atoms with E-state index < -0.39 is 0 Å². The summed E-state index contributed by atoms with van der Waals surface area (Å²) in [6, 6.07) is 5.42. The lowest BCUT2D eigenvalue weighted by Gasteiger charge is -2.34. The van der Waals surface area contributed by atoms with Crippen molar-refractivity contribution in [1.82, 2.24) is 9.80 Å². The van der Waals surface area contributed by atoms with Gasteiger partial charge in [0.25, 0.3) is 5.91 Å². The molecule has 1 aliphatic heterocycles. The van der Waals surface area contributed by atoms with Crippen LogP contribution in [0.2, 0.25) is 0 Å². The van der Waals surface area contributed by atoms with E-state index >= 15 is 0 Å². The Morgan fingerprint density at radius 1 is 1.08 bits per heavy atom. The first-order valence-electron chi connectivity index (χ1n) is 8.37. The SMILES string of the molecule is CC(=O)N1CCN(C(=O)COc2ccc3c(c2)CCCC3=O)CC1. The van der Waals surface area contributed by atoms with Crippen molar-refractivity contribution in [3.05, 3.63) is 29.3 Å². The predicted molar refractivity (Wildman–Crippen MR) is 88.0 cm³/mol. The van der Waals surface area contributed by atoms with Gasteiger partial charge in [-0.2, -0.15) is 0 Å². The van der Waals surface area contributed by atoms with Crippen molar-refractivity contribution in [3.63, 3.8) is 0 Å². The highest BCUT2D eigenvalue weighted by atomic mass is 16.5. The third-order valence-corrected chi connectivity index (χ3v) is 4.67. The first-order chi connectivity index (χ1) is 11.5. The van der Waals surface area contributed by atoms with Crippen LogP contribution in [0.1, 0.15) is 35.7 Å². The normalized spacial score (nSPS) is 17.5. The van der Waals surface area contributed by atoms with Gasteiger partial charge in [0, 0.05) is 45.1 Å². The molecule has 1 fully saturated rings. The second kappa shape index (κ2) is 7.03. The minimum atomic E-state index is -0.0769. The molecule has 2 aliphatic rings. The maximum absolute atomic E-state index is 12.2. The molecule has 0 radical (unpaired) electrons. The largest absolute Gasteiger partial charge is 0.484 e. The maximum Gasteiger partial charge on any atom is 0.260 e. The molecule has 24 heavy (non-hydrogen) atoms. The lowest BCUT2D eigenvalue weighted by molar-refractivity contribution is -0.139. The minimum Gasteiger partial charge on any atom is -0.484 e. The predicted octanol–water partition coefficient (Wildman–Crippen LogP) is 1.28. The summed E-state index contributed by atoms with van der Waals surface area (Å²) in [4.78, 5) is 38.8. The summed E-state index contributed by atoms with van der Waals surface area (Å²) >= 11 is 0. The zero-order valence-corrected chi connectivity index (χ0v) is 13.9. The molecule has 0 saturated carbocycles. The average molecular weight is 330 g/mol. The van der Waals surface area contributed by atoms with E-state index in [2.05, 4.69) is 0 Å². The molecule has 0 spiro atoms. The summed E-state index contributed by atoms with van der Waals surface area (Å²) in [6.07, 6.45) is 2.35. The number of ether oxygens (including phenoxy) is 1. The van der Waals surface area contributed by atoms with E-state index in [9.17, 15) is 14.4 Å². The number of benzene rings is 1. The number of hydrogen-bond donors (Lipinski definition) is 0. The molecule has 0 bridgehead atoms. The molecule has 1 saturated heterocycles. The monoisotopic (exact) mass is 330 g/mol. The van der Waals surface area contributed by atoms with E-state index in [0.717, 1.165) is 24.0 Å². The van der Waals surface area contributed by atoms with E-state index in [-0.39, 0.29) is 24.2 Å². The summed E-state index contributed by atoms with van der Waals surface area (Å²) < 4.78 is 5.61. The minimum absolute atomic E-state index is 0.0210. The Bertz CT molecular complexity index is 663. The number of Topliss-reactive ketones (excluding diaryl/α,β-unsaturated/α-hetero) is 1. The van der Waals surface area contributed by atoms with E-state index in [4.69, 9.17) is 4.74 Å². The second-order valence-corrected chi connectivity index (χ2v) is 6.27. The molecule has 0 N–H and O–H groups in total. The third kappa shape index (κ3) is 3.58. The van der Waals surface area contributed by atoms with Gasteiger partial charge in [0.1, 0.15) is 5.75 Å². The Balaban J connectivity index is 1.53. The molecule has 1 aromatic carbocycles. The molecule has 0 unspecified atom stereocenters. The van der Waals surface area contributed by atoms with Gasteiger partial charge in [0.2, 0.25) is 5.91 Å². The zero-order valence-electron chi connectivity index (χ0n) is 13.9. The van der Waals surface area contributed by atoms with Gasteiger partial charge in [-0.15, -0.1) is 0 Å². The van der Waals surface area contributed by atoms with Crippen molar-refractivity contribution in [3.8, 4) is 5.75 Å². The van der Waals surface area contributed by atoms with E-state index in [0.29, 0.717) is 38.3 Å². The summed E-state index contributed by atoms with van der Waals surface area (Å²) in [5.41, 5.74) is 1.78. The van der Waals surface area contributed by atoms with Crippen LogP contribution in [0, 0.1) is 0 Å². The number of nitrogens with zero attached hydrogens (tertiary/aromatic N) is 2. The van der Waals surface area contributed by atoms with Crippen molar-refractivity contribution in [2.24, 2.45) is 0 Å². The highest BCUT2D eigenvalue weighted by Gasteiger charge is 2.23. The van der Waals surface area contributed by atoms with Gasteiger partial charge in [-0.25, -0.2) is 0 Å². The summed E-state index contributed by atoms with van der Waals surface area (Å²) in [5, 5.41) is 0. The van der Waals surface area contributed by atoms with E-state index in [1.165, 1.54) is 0 Å². The van der Waals surface area contributed by atoms with Gasteiger partial charge in [0.15, 0.2) is 12.4 Å². The van der Waals surface area contributed by atoms with Crippen molar-refractivity contribution in [2.45, 2.75) is 26.2 Å². The number of fused-ring (bicyclic) bond motifs is 1. The van der Waals surface area contributed by atoms with Gasteiger partial charge in [-0.3, -0.25) is 14.4 Å². The van der Waals surface area contributed by atoms with Crippen LogP contribution in [0.25, 0.3) is 0 Å². The smallest absolute Gasteiger partial charge is 0.260 e. The number of hydrogen-bond acceptors (Lipinski definition) is 4. The fourth-order valence-electron chi connectivity index (χ4n) is 3.22. The summed E-state index contributed by atoms with van der Waals surface area (Å²) in [6.45, 7) is 3.75. The van der Waals surface area contributed by atoms with Gasteiger partial charge in [0.05, 0.1) is 0 Å². The van der Waals surface area contributed by atoms with Crippen LogP contribution in [-0.4, -0.2) is 60.2 Å². The van der Waals surface area contributed by atoms with Gasteiger partial charge >= 0.3 is 0 Å². The first-order valence-corrected chi connectivity index (χ1v) is 8.37. The fraction of sp³-hybridized carbons (Fsp3) is 0.500. The highest BCUT2D eigenvalue weighted by Crippen LogP contribution is 2.25. The first kappa shape index (κ1) is 16.5. The molecule has 3 rings (SSSR count). The molecule has 0 atom stereocenters. The Kier molecular flexibility index (Phi) is 4.83. The Hall–Kier alpha value is -2.37. The van der Waals surface area contributed by atoms with Crippen molar-refractivity contribution < 1.29 is 19.1 Å². The lowest BCUT2D eigenvalue weighted by Crippen LogP contribution is -2.51. The van der Waals surface area contributed by atoms with Crippen molar-refractivity contribution >= 4 is 17.6 Å². The number of piperazine rings is 1. The number of ketones is 1. The van der Waals surface area contributed by atoms with Crippen LogP contribution in [0.15, 0.2) is 18.2 Å². The molecule has 1 heterocycles. The average Bonchev–Trinajstić information content (AvgIpc) is 2.60. The topological polar surface area (TPSA) is 66.9 Å². The van der Waals surface area contributed by atoms with Crippen LogP contribution in [0.4, 0.5) is 0 Å². The molecular formula is C18H22N2O4.